The molecule has 3 aromatic rings. The second-order valence-electron chi connectivity index (χ2n) is 9.03. The minimum atomic E-state index is -4.12. The number of nitrogens with one attached hydrogen (secondary N) is 1. The Balaban J connectivity index is 2.05. The summed E-state index contributed by atoms with van der Waals surface area (Å²) < 4.78 is 42.1. The predicted octanol–water partition coefficient (Wildman–Crippen LogP) is 4.11. The molecule has 196 valence electrons. The number of benzene rings is 3. The maximum Gasteiger partial charge on any atom is 0.264 e. The van der Waals surface area contributed by atoms with E-state index in [0.717, 1.165) is 21.0 Å². The van der Waals surface area contributed by atoms with E-state index in [9.17, 15) is 22.4 Å². The Hall–Kier alpha value is -3.72. The molecular weight excluding hydrogens is 493 g/mol. The fraction of sp³-hybridized carbons (Fsp3) is 0.286. The van der Waals surface area contributed by atoms with E-state index in [2.05, 4.69) is 5.32 Å². The van der Waals surface area contributed by atoms with Gasteiger partial charge in [0.2, 0.25) is 11.8 Å². The predicted molar refractivity (Wildman–Crippen MR) is 142 cm³/mol. The molecule has 1 N–H and O–H groups in total. The quantitative estimate of drug-likeness (QED) is 0.456. The summed E-state index contributed by atoms with van der Waals surface area (Å²) in [6.45, 7) is 6.67. The summed E-state index contributed by atoms with van der Waals surface area (Å²) in [6, 6.07) is 16.3. The molecule has 0 unspecified atom stereocenters. The van der Waals surface area contributed by atoms with Crippen LogP contribution in [-0.2, 0) is 26.2 Å². The lowest BCUT2D eigenvalue weighted by molar-refractivity contribution is -0.139. The van der Waals surface area contributed by atoms with Crippen LogP contribution < -0.4 is 9.62 Å². The summed E-state index contributed by atoms with van der Waals surface area (Å²) in [5.41, 5.74) is 3.69. The van der Waals surface area contributed by atoms with Gasteiger partial charge in [-0.2, -0.15) is 0 Å². The number of anilines is 1. The lowest BCUT2D eigenvalue weighted by Gasteiger charge is -2.32. The molecule has 0 spiro atoms. The SMILES string of the molecule is CNC(=O)[C@H](C)N(Cc1ccc(F)cc1)C(=O)CN(c1ccc(C)c(C)c1)S(=O)(=O)c1ccc(C)cc1. The van der Waals surface area contributed by atoms with E-state index in [0.29, 0.717) is 11.3 Å². The molecule has 0 fully saturated rings. The van der Waals surface area contributed by atoms with Gasteiger partial charge in [0.15, 0.2) is 0 Å². The molecule has 0 aliphatic heterocycles. The highest BCUT2D eigenvalue weighted by molar-refractivity contribution is 7.92. The average Bonchev–Trinajstić information content (AvgIpc) is 2.87. The molecule has 3 rings (SSSR count). The Morgan fingerprint density at radius 1 is 0.919 bits per heavy atom. The number of rotatable bonds is 9. The van der Waals surface area contributed by atoms with Crippen LogP contribution >= 0.6 is 0 Å². The number of aryl methyl sites for hydroxylation is 3. The van der Waals surface area contributed by atoms with E-state index in [-0.39, 0.29) is 11.4 Å². The van der Waals surface area contributed by atoms with E-state index in [1.165, 1.54) is 48.3 Å². The van der Waals surface area contributed by atoms with Crippen LogP contribution in [0, 0.1) is 26.6 Å². The van der Waals surface area contributed by atoms with Crippen molar-refractivity contribution in [3.05, 3.63) is 94.8 Å². The molecule has 2 amide bonds. The van der Waals surface area contributed by atoms with E-state index in [1.54, 1.807) is 37.3 Å². The minimum Gasteiger partial charge on any atom is -0.357 e. The summed E-state index contributed by atoms with van der Waals surface area (Å²) >= 11 is 0. The van der Waals surface area contributed by atoms with Gasteiger partial charge in [0.1, 0.15) is 18.4 Å². The summed E-state index contributed by atoms with van der Waals surface area (Å²) in [4.78, 5) is 27.5. The van der Waals surface area contributed by atoms with Gasteiger partial charge in [0.05, 0.1) is 10.6 Å². The van der Waals surface area contributed by atoms with Crippen molar-refractivity contribution in [1.29, 1.82) is 0 Å². The zero-order valence-corrected chi connectivity index (χ0v) is 22.5. The van der Waals surface area contributed by atoms with Crippen LogP contribution in [0.5, 0.6) is 0 Å². The number of hydrogen-bond acceptors (Lipinski definition) is 4. The summed E-state index contributed by atoms with van der Waals surface area (Å²) in [7, 11) is -2.66. The normalized spacial score (nSPS) is 12.1. The molecule has 0 aliphatic rings. The van der Waals surface area contributed by atoms with Crippen LogP contribution in [0.25, 0.3) is 0 Å². The van der Waals surface area contributed by atoms with Crippen molar-refractivity contribution < 1.29 is 22.4 Å². The molecule has 37 heavy (non-hydrogen) atoms. The smallest absolute Gasteiger partial charge is 0.264 e. The van der Waals surface area contributed by atoms with Gasteiger partial charge in [0.25, 0.3) is 10.0 Å². The average molecular weight is 526 g/mol. The highest BCUT2D eigenvalue weighted by atomic mass is 32.2. The van der Waals surface area contributed by atoms with Crippen molar-refractivity contribution in [2.75, 3.05) is 17.9 Å². The third kappa shape index (κ3) is 6.54. The van der Waals surface area contributed by atoms with Crippen molar-refractivity contribution in [3.63, 3.8) is 0 Å². The Morgan fingerprint density at radius 2 is 1.54 bits per heavy atom. The van der Waals surface area contributed by atoms with Crippen LogP contribution in [0.4, 0.5) is 10.1 Å². The van der Waals surface area contributed by atoms with Crippen molar-refractivity contribution in [3.8, 4) is 0 Å². The molecule has 0 heterocycles. The Bertz CT molecular complexity index is 1370. The largest absolute Gasteiger partial charge is 0.357 e. The van der Waals surface area contributed by atoms with Crippen LogP contribution in [0.2, 0.25) is 0 Å². The molecule has 0 aliphatic carbocycles. The second-order valence-corrected chi connectivity index (χ2v) is 10.9. The molecule has 0 saturated heterocycles. The van der Waals surface area contributed by atoms with Gasteiger partial charge in [-0.15, -0.1) is 0 Å². The monoisotopic (exact) mass is 525 g/mol. The Labute approximate surface area is 218 Å². The lowest BCUT2D eigenvalue weighted by Crippen LogP contribution is -2.50. The van der Waals surface area contributed by atoms with Crippen LogP contribution in [0.15, 0.2) is 71.6 Å². The molecule has 7 nitrogen and oxygen atoms in total. The summed E-state index contributed by atoms with van der Waals surface area (Å²) in [6.07, 6.45) is 0. The minimum absolute atomic E-state index is 0.000947. The highest BCUT2D eigenvalue weighted by Gasteiger charge is 2.32. The van der Waals surface area contributed by atoms with Gasteiger partial charge in [-0.3, -0.25) is 13.9 Å². The van der Waals surface area contributed by atoms with Crippen molar-refractivity contribution in [2.24, 2.45) is 0 Å². The van der Waals surface area contributed by atoms with E-state index in [4.69, 9.17) is 0 Å². The second kappa shape index (κ2) is 11.6. The number of likely N-dealkylation sites (N-methyl/N-ethyl adjacent to an activating group) is 1. The van der Waals surface area contributed by atoms with E-state index >= 15 is 0 Å². The summed E-state index contributed by atoms with van der Waals surface area (Å²) in [5.74, 6) is -1.41. The number of hydrogen-bond donors (Lipinski definition) is 1. The topological polar surface area (TPSA) is 86.8 Å². The zero-order chi connectivity index (χ0) is 27.3. The lowest BCUT2D eigenvalue weighted by atomic mass is 10.1. The number of carbonyl (C=O) groups is 2. The number of nitrogens with zero attached hydrogens (tertiary/aromatic N) is 2. The van der Waals surface area contributed by atoms with Gasteiger partial charge in [0, 0.05) is 13.6 Å². The molecule has 0 radical (unpaired) electrons. The van der Waals surface area contributed by atoms with Crippen molar-refractivity contribution in [1.82, 2.24) is 10.2 Å². The molecule has 9 heteroatoms. The first-order valence-electron chi connectivity index (χ1n) is 11.9. The standard InChI is InChI=1S/C28H32FN3O4S/c1-19-6-14-26(15-7-19)37(35,36)32(25-13-8-20(2)21(3)16-25)18-27(33)31(22(4)28(34)30-5)17-23-9-11-24(29)12-10-23/h6-16,22H,17-18H2,1-5H3,(H,30,34)/t22-/m0/s1. The molecule has 0 bridgehead atoms. The third-order valence-corrected chi connectivity index (χ3v) is 8.13. The Kier molecular flexibility index (Phi) is 8.70. The van der Waals surface area contributed by atoms with Gasteiger partial charge in [-0.1, -0.05) is 35.9 Å². The van der Waals surface area contributed by atoms with Gasteiger partial charge < -0.3 is 10.2 Å². The fourth-order valence-electron chi connectivity index (χ4n) is 3.82. The molecular formula is C28H32FN3O4S. The van der Waals surface area contributed by atoms with Crippen LogP contribution in [-0.4, -0.2) is 44.8 Å². The number of amides is 2. The van der Waals surface area contributed by atoms with Gasteiger partial charge >= 0.3 is 0 Å². The highest BCUT2D eigenvalue weighted by Crippen LogP contribution is 2.27. The van der Waals surface area contributed by atoms with Crippen LogP contribution in [0.3, 0.4) is 0 Å². The molecule has 0 saturated carbocycles. The summed E-state index contributed by atoms with van der Waals surface area (Å²) in [5, 5.41) is 2.53. The fourth-order valence-corrected chi connectivity index (χ4v) is 5.23. The zero-order valence-electron chi connectivity index (χ0n) is 21.7. The third-order valence-electron chi connectivity index (χ3n) is 6.35. The number of carbonyl (C=O) groups excluding carboxylic acids is 2. The first-order valence-corrected chi connectivity index (χ1v) is 13.3. The maximum absolute atomic E-state index is 13.8. The molecule has 1 atom stereocenters. The van der Waals surface area contributed by atoms with Gasteiger partial charge in [-0.25, -0.2) is 12.8 Å². The first-order chi connectivity index (χ1) is 17.4. The Morgan fingerprint density at radius 3 is 2.11 bits per heavy atom. The molecule has 3 aromatic carbocycles. The van der Waals surface area contributed by atoms with Crippen molar-refractivity contribution in [2.45, 2.75) is 45.2 Å². The van der Waals surface area contributed by atoms with E-state index < -0.39 is 40.2 Å². The first kappa shape index (κ1) is 27.9. The maximum atomic E-state index is 13.8. The number of halogens is 1. The van der Waals surface area contributed by atoms with Crippen molar-refractivity contribution >= 4 is 27.5 Å². The van der Waals surface area contributed by atoms with E-state index in [1.807, 2.05) is 20.8 Å². The van der Waals surface area contributed by atoms with Gasteiger partial charge in [-0.05, 0) is 80.8 Å². The number of sulfonamides is 1. The molecule has 0 aromatic heterocycles. The van der Waals surface area contributed by atoms with Crippen LogP contribution in [0.1, 0.15) is 29.2 Å².